The molecule has 0 radical (unpaired) electrons. The summed E-state index contributed by atoms with van der Waals surface area (Å²) in [6.45, 7) is 3.18. The highest BCUT2D eigenvalue weighted by molar-refractivity contribution is 5.79. The minimum absolute atomic E-state index is 0.241. The van der Waals surface area contributed by atoms with Crippen molar-refractivity contribution in [2.24, 2.45) is 0 Å². The Labute approximate surface area is 95.5 Å². The molecule has 1 atom stereocenters. The molecule has 0 aliphatic carbocycles. The summed E-state index contributed by atoms with van der Waals surface area (Å²) in [6, 6.07) is 8.84. The van der Waals surface area contributed by atoms with Gasteiger partial charge in [-0.1, -0.05) is 6.07 Å². The van der Waals surface area contributed by atoms with Crippen molar-refractivity contribution in [2.75, 3.05) is 6.61 Å². The topological polar surface area (TPSA) is 48.0 Å². The lowest BCUT2D eigenvalue weighted by Crippen LogP contribution is -2.26. The molecule has 0 saturated heterocycles. The van der Waals surface area contributed by atoms with Gasteiger partial charge in [-0.2, -0.15) is 0 Å². The number of benzene rings is 1. The lowest BCUT2D eigenvalue weighted by atomic mass is 10.1. The van der Waals surface area contributed by atoms with E-state index in [2.05, 4.69) is 41.5 Å². The number of nitrogens with one attached hydrogen (secondary N) is 2. The van der Waals surface area contributed by atoms with Crippen LogP contribution < -0.4 is 5.32 Å². The SMILES string of the molecule is CC(CCO)NCc1ccc2[nH]ccc2c1. The molecule has 0 saturated carbocycles. The van der Waals surface area contributed by atoms with E-state index in [1.54, 1.807) is 0 Å². The van der Waals surface area contributed by atoms with Crippen LogP contribution in [0.1, 0.15) is 18.9 Å². The molecule has 3 N–H and O–H groups in total. The van der Waals surface area contributed by atoms with E-state index in [4.69, 9.17) is 5.11 Å². The van der Waals surface area contributed by atoms with E-state index in [0.29, 0.717) is 6.04 Å². The Kier molecular flexibility index (Phi) is 3.59. The van der Waals surface area contributed by atoms with Crippen molar-refractivity contribution in [1.82, 2.24) is 10.3 Å². The molecule has 0 bridgehead atoms. The number of H-pyrrole nitrogens is 1. The quantitative estimate of drug-likeness (QED) is 0.719. The van der Waals surface area contributed by atoms with Gasteiger partial charge in [0.15, 0.2) is 0 Å². The second-order valence-electron chi connectivity index (χ2n) is 4.19. The third-order valence-electron chi connectivity index (χ3n) is 2.83. The minimum Gasteiger partial charge on any atom is -0.396 e. The number of hydrogen-bond donors (Lipinski definition) is 3. The molecule has 0 fully saturated rings. The minimum atomic E-state index is 0.241. The standard InChI is InChI=1S/C13H18N2O/c1-10(5-7-16)15-9-11-2-3-13-12(8-11)4-6-14-13/h2-4,6,8,10,14-16H,5,7,9H2,1H3. The summed E-state index contributed by atoms with van der Waals surface area (Å²) < 4.78 is 0. The molecule has 0 aliphatic heterocycles. The summed E-state index contributed by atoms with van der Waals surface area (Å²) >= 11 is 0. The molecular formula is C13H18N2O. The first-order chi connectivity index (χ1) is 7.79. The first-order valence-corrected chi connectivity index (χ1v) is 5.70. The van der Waals surface area contributed by atoms with Crippen LogP contribution in [0.15, 0.2) is 30.5 Å². The molecular weight excluding hydrogens is 200 g/mol. The maximum absolute atomic E-state index is 8.80. The first kappa shape index (κ1) is 11.2. The number of aromatic nitrogens is 1. The van der Waals surface area contributed by atoms with Gasteiger partial charge in [-0.15, -0.1) is 0 Å². The third kappa shape index (κ3) is 2.62. The second kappa shape index (κ2) is 5.14. The molecule has 0 aliphatic rings. The van der Waals surface area contributed by atoms with Crippen LogP contribution in [0.5, 0.6) is 0 Å². The summed E-state index contributed by atoms with van der Waals surface area (Å²) in [7, 11) is 0. The third-order valence-corrected chi connectivity index (χ3v) is 2.83. The van der Waals surface area contributed by atoms with Crippen LogP contribution in [0.4, 0.5) is 0 Å². The first-order valence-electron chi connectivity index (χ1n) is 5.70. The normalized spacial score (nSPS) is 13.1. The van der Waals surface area contributed by atoms with Crippen molar-refractivity contribution in [3.63, 3.8) is 0 Å². The molecule has 0 amide bonds. The lowest BCUT2D eigenvalue weighted by molar-refractivity contribution is 0.268. The molecule has 3 nitrogen and oxygen atoms in total. The van der Waals surface area contributed by atoms with E-state index in [-0.39, 0.29) is 6.61 Å². The monoisotopic (exact) mass is 218 g/mol. The Morgan fingerprint density at radius 3 is 3.06 bits per heavy atom. The van der Waals surface area contributed by atoms with Crippen LogP contribution in [0, 0.1) is 0 Å². The van der Waals surface area contributed by atoms with E-state index >= 15 is 0 Å². The molecule has 2 rings (SSSR count). The molecule has 1 unspecified atom stereocenters. The van der Waals surface area contributed by atoms with E-state index in [1.165, 1.54) is 16.5 Å². The van der Waals surface area contributed by atoms with Gasteiger partial charge in [0.25, 0.3) is 0 Å². The van der Waals surface area contributed by atoms with Gasteiger partial charge in [-0.05, 0) is 42.5 Å². The molecule has 1 aromatic carbocycles. The Bertz CT molecular complexity index is 450. The summed E-state index contributed by atoms with van der Waals surface area (Å²) in [5, 5.41) is 13.4. The Morgan fingerprint density at radius 2 is 2.25 bits per heavy atom. The average Bonchev–Trinajstić information content (AvgIpc) is 2.74. The predicted molar refractivity (Wildman–Crippen MR) is 66.3 cm³/mol. The van der Waals surface area contributed by atoms with E-state index in [9.17, 15) is 0 Å². The summed E-state index contributed by atoms with van der Waals surface area (Å²) in [4.78, 5) is 3.18. The highest BCUT2D eigenvalue weighted by atomic mass is 16.3. The fraction of sp³-hybridized carbons (Fsp3) is 0.385. The van der Waals surface area contributed by atoms with E-state index in [1.807, 2.05) is 6.20 Å². The molecule has 16 heavy (non-hydrogen) atoms. The number of hydrogen-bond acceptors (Lipinski definition) is 2. The van der Waals surface area contributed by atoms with Gasteiger partial charge in [0.2, 0.25) is 0 Å². The van der Waals surface area contributed by atoms with Gasteiger partial charge in [-0.25, -0.2) is 0 Å². The zero-order valence-corrected chi connectivity index (χ0v) is 9.53. The summed E-state index contributed by atoms with van der Waals surface area (Å²) in [5.74, 6) is 0. The number of aromatic amines is 1. The molecule has 3 heteroatoms. The van der Waals surface area contributed by atoms with Crippen molar-refractivity contribution in [2.45, 2.75) is 25.9 Å². The fourth-order valence-electron chi connectivity index (χ4n) is 1.80. The Hall–Kier alpha value is -1.32. The molecule has 86 valence electrons. The summed E-state index contributed by atoms with van der Waals surface area (Å²) in [5.41, 5.74) is 2.45. The van der Waals surface area contributed by atoms with Crippen LogP contribution in [0.25, 0.3) is 10.9 Å². The highest BCUT2D eigenvalue weighted by Gasteiger charge is 2.01. The number of aliphatic hydroxyl groups is 1. The van der Waals surface area contributed by atoms with Gasteiger partial charge in [0.1, 0.15) is 0 Å². The Morgan fingerprint density at radius 1 is 1.38 bits per heavy atom. The van der Waals surface area contributed by atoms with Crippen LogP contribution in [0.2, 0.25) is 0 Å². The van der Waals surface area contributed by atoms with Gasteiger partial charge in [0.05, 0.1) is 0 Å². The maximum atomic E-state index is 8.80. The van der Waals surface area contributed by atoms with Crippen LogP contribution in [0.3, 0.4) is 0 Å². The number of aliphatic hydroxyl groups excluding tert-OH is 1. The van der Waals surface area contributed by atoms with Crippen molar-refractivity contribution in [1.29, 1.82) is 0 Å². The average molecular weight is 218 g/mol. The van der Waals surface area contributed by atoms with Crippen molar-refractivity contribution >= 4 is 10.9 Å². The summed E-state index contributed by atoms with van der Waals surface area (Å²) in [6.07, 6.45) is 2.75. The smallest absolute Gasteiger partial charge is 0.0454 e. The molecule has 0 spiro atoms. The largest absolute Gasteiger partial charge is 0.396 e. The van der Waals surface area contributed by atoms with Crippen molar-refractivity contribution in [3.8, 4) is 0 Å². The zero-order chi connectivity index (χ0) is 11.4. The van der Waals surface area contributed by atoms with Gasteiger partial charge < -0.3 is 15.4 Å². The zero-order valence-electron chi connectivity index (χ0n) is 9.53. The van der Waals surface area contributed by atoms with Crippen molar-refractivity contribution in [3.05, 3.63) is 36.0 Å². The van der Waals surface area contributed by atoms with Crippen LogP contribution >= 0.6 is 0 Å². The van der Waals surface area contributed by atoms with E-state index in [0.717, 1.165) is 13.0 Å². The predicted octanol–water partition coefficient (Wildman–Crippen LogP) is 2.03. The fourth-order valence-corrected chi connectivity index (χ4v) is 1.80. The van der Waals surface area contributed by atoms with E-state index < -0.39 is 0 Å². The Balaban J connectivity index is 1.98. The van der Waals surface area contributed by atoms with Gasteiger partial charge in [0, 0.05) is 30.9 Å². The van der Waals surface area contributed by atoms with Crippen molar-refractivity contribution < 1.29 is 5.11 Å². The molecule has 1 heterocycles. The van der Waals surface area contributed by atoms with Gasteiger partial charge in [-0.3, -0.25) is 0 Å². The van der Waals surface area contributed by atoms with Gasteiger partial charge >= 0.3 is 0 Å². The lowest BCUT2D eigenvalue weighted by Gasteiger charge is -2.12. The maximum Gasteiger partial charge on any atom is 0.0454 e. The molecule has 1 aromatic heterocycles. The number of fused-ring (bicyclic) bond motifs is 1. The highest BCUT2D eigenvalue weighted by Crippen LogP contribution is 2.14. The number of rotatable bonds is 5. The van der Waals surface area contributed by atoms with Crippen LogP contribution in [-0.4, -0.2) is 22.7 Å². The second-order valence-corrected chi connectivity index (χ2v) is 4.19. The van der Waals surface area contributed by atoms with Crippen LogP contribution in [-0.2, 0) is 6.54 Å². The molecule has 2 aromatic rings.